The average Bonchev–Trinajstić information content (AvgIpc) is 3.22. The van der Waals surface area contributed by atoms with Crippen molar-refractivity contribution in [2.75, 3.05) is 19.6 Å². The van der Waals surface area contributed by atoms with Crippen LogP contribution in [0.25, 0.3) is 0 Å². The fourth-order valence-corrected chi connectivity index (χ4v) is 2.39. The van der Waals surface area contributed by atoms with Gasteiger partial charge in [0.25, 0.3) is 0 Å². The molecular weight excluding hydrogens is 248 g/mol. The van der Waals surface area contributed by atoms with Gasteiger partial charge in [-0.1, -0.05) is 0 Å². The van der Waals surface area contributed by atoms with E-state index in [4.69, 9.17) is 5.11 Å². The molecule has 1 saturated heterocycles. The number of aliphatic carboxylic acids is 1. The van der Waals surface area contributed by atoms with Crippen molar-refractivity contribution < 1.29 is 19.5 Å². The van der Waals surface area contributed by atoms with Crippen molar-refractivity contribution in [1.82, 2.24) is 10.2 Å². The molecule has 2 amide bonds. The van der Waals surface area contributed by atoms with Crippen molar-refractivity contribution in [3.8, 4) is 0 Å². The van der Waals surface area contributed by atoms with E-state index in [0.29, 0.717) is 25.9 Å². The zero-order valence-electron chi connectivity index (χ0n) is 10.9. The number of likely N-dealkylation sites (tertiary alicyclic amines) is 1. The number of rotatable bonds is 5. The largest absolute Gasteiger partial charge is 0.481 e. The van der Waals surface area contributed by atoms with Crippen LogP contribution in [0.15, 0.2) is 0 Å². The molecule has 19 heavy (non-hydrogen) atoms. The van der Waals surface area contributed by atoms with E-state index in [2.05, 4.69) is 5.32 Å². The Bertz CT molecular complexity index is 371. The number of carbonyl (C=O) groups is 3. The highest BCUT2D eigenvalue weighted by molar-refractivity contribution is 5.82. The van der Waals surface area contributed by atoms with Crippen LogP contribution in [0.5, 0.6) is 0 Å². The molecular formula is C13H20N2O4. The van der Waals surface area contributed by atoms with Gasteiger partial charge < -0.3 is 15.3 Å². The minimum Gasteiger partial charge on any atom is -0.481 e. The fraction of sp³-hybridized carbons (Fsp3) is 0.769. The summed E-state index contributed by atoms with van der Waals surface area (Å²) in [6.45, 7) is 1.47. The zero-order valence-corrected chi connectivity index (χ0v) is 10.9. The first kappa shape index (κ1) is 13.8. The van der Waals surface area contributed by atoms with Crippen LogP contribution in [0, 0.1) is 11.8 Å². The molecule has 1 aliphatic carbocycles. The lowest BCUT2D eigenvalue weighted by molar-refractivity contribution is -0.138. The number of carboxylic acid groups (broad SMARTS) is 1. The van der Waals surface area contributed by atoms with Gasteiger partial charge in [0.2, 0.25) is 11.8 Å². The van der Waals surface area contributed by atoms with E-state index < -0.39 is 5.97 Å². The Labute approximate surface area is 112 Å². The molecule has 2 N–H and O–H groups in total. The van der Waals surface area contributed by atoms with Gasteiger partial charge in [0.05, 0.1) is 6.42 Å². The predicted octanol–water partition coefficient (Wildman–Crippen LogP) is 0.226. The quantitative estimate of drug-likeness (QED) is 0.747. The van der Waals surface area contributed by atoms with Crippen LogP contribution in [-0.2, 0) is 14.4 Å². The minimum absolute atomic E-state index is 0.0508. The lowest BCUT2D eigenvalue weighted by Crippen LogP contribution is -2.43. The predicted molar refractivity (Wildman–Crippen MR) is 67.3 cm³/mol. The van der Waals surface area contributed by atoms with Gasteiger partial charge in [0.15, 0.2) is 0 Å². The number of nitrogens with one attached hydrogen (secondary N) is 1. The number of hydrogen-bond donors (Lipinski definition) is 2. The van der Waals surface area contributed by atoms with Crippen LogP contribution in [-0.4, -0.2) is 47.4 Å². The summed E-state index contributed by atoms with van der Waals surface area (Å²) in [4.78, 5) is 35.8. The number of carboxylic acids is 1. The third kappa shape index (κ3) is 3.94. The zero-order chi connectivity index (χ0) is 13.8. The molecule has 1 heterocycles. The third-order valence-electron chi connectivity index (χ3n) is 3.74. The van der Waals surface area contributed by atoms with Crippen LogP contribution in [0.3, 0.4) is 0 Å². The Kier molecular flexibility index (Phi) is 4.39. The molecule has 0 unspecified atom stereocenters. The summed E-state index contributed by atoms with van der Waals surface area (Å²) in [7, 11) is 0. The summed E-state index contributed by atoms with van der Waals surface area (Å²) < 4.78 is 0. The molecule has 0 atom stereocenters. The van der Waals surface area contributed by atoms with Crippen molar-refractivity contribution >= 4 is 17.8 Å². The van der Waals surface area contributed by atoms with Crippen LogP contribution in [0.2, 0.25) is 0 Å². The summed E-state index contributed by atoms with van der Waals surface area (Å²) in [5, 5.41) is 11.1. The second kappa shape index (κ2) is 6.04. The molecule has 6 nitrogen and oxygen atoms in total. The molecule has 6 heteroatoms. The van der Waals surface area contributed by atoms with Gasteiger partial charge in [-0.05, 0) is 25.7 Å². The molecule has 1 saturated carbocycles. The van der Waals surface area contributed by atoms with Crippen molar-refractivity contribution in [1.29, 1.82) is 0 Å². The van der Waals surface area contributed by atoms with E-state index in [1.807, 2.05) is 4.90 Å². The number of hydrogen-bond acceptors (Lipinski definition) is 3. The van der Waals surface area contributed by atoms with Gasteiger partial charge in [-0.15, -0.1) is 0 Å². The number of amides is 2. The van der Waals surface area contributed by atoms with Crippen molar-refractivity contribution in [2.45, 2.75) is 32.1 Å². The lowest BCUT2D eigenvalue weighted by Gasteiger charge is -2.31. The van der Waals surface area contributed by atoms with Crippen molar-refractivity contribution in [2.24, 2.45) is 11.8 Å². The molecule has 2 fully saturated rings. The summed E-state index contributed by atoms with van der Waals surface area (Å²) >= 11 is 0. The smallest absolute Gasteiger partial charge is 0.305 e. The third-order valence-corrected chi connectivity index (χ3v) is 3.74. The molecule has 0 aromatic rings. The minimum atomic E-state index is -0.912. The maximum Gasteiger partial charge on any atom is 0.305 e. The second-order valence-corrected chi connectivity index (χ2v) is 5.31. The van der Waals surface area contributed by atoms with E-state index in [9.17, 15) is 14.4 Å². The molecule has 1 aliphatic heterocycles. The van der Waals surface area contributed by atoms with Gasteiger partial charge in [-0.3, -0.25) is 14.4 Å². The Morgan fingerprint density at radius 3 is 2.21 bits per heavy atom. The van der Waals surface area contributed by atoms with Crippen LogP contribution < -0.4 is 5.32 Å². The Balaban J connectivity index is 1.68. The Morgan fingerprint density at radius 1 is 1.05 bits per heavy atom. The molecule has 0 spiro atoms. The van der Waals surface area contributed by atoms with E-state index in [1.165, 1.54) is 0 Å². The molecule has 106 valence electrons. The molecule has 0 aromatic carbocycles. The molecule has 0 aromatic heterocycles. The summed E-state index contributed by atoms with van der Waals surface area (Å²) in [5.41, 5.74) is 0. The topological polar surface area (TPSA) is 86.7 Å². The normalized spacial score (nSPS) is 20.1. The molecule has 0 bridgehead atoms. The molecule has 2 rings (SSSR count). The van der Waals surface area contributed by atoms with Crippen LogP contribution >= 0.6 is 0 Å². The summed E-state index contributed by atoms with van der Waals surface area (Å²) in [6, 6.07) is 0. The first-order valence-corrected chi connectivity index (χ1v) is 6.86. The van der Waals surface area contributed by atoms with Gasteiger partial charge >= 0.3 is 5.97 Å². The van der Waals surface area contributed by atoms with Crippen LogP contribution in [0.1, 0.15) is 32.1 Å². The first-order valence-electron chi connectivity index (χ1n) is 6.86. The van der Waals surface area contributed by atoms with E-state index in [0.717, 1.165) is 12.8 Å². The fourth-order valence-electron chi connectivity index (χ4n) is 2.39. The van der Waals surface area contributed by atoms with E-state index in [1.54, 1.807) is 0 Å². The van der Waals surface area contributed by atoms with Crippen molar-refractivity contribution in [3.63, 3.8) is 0 Å². The number of piperidine rings is 1. The first-order chi connectivity index (χ1) is 9.08. The second-order valence-electron chi connectivity index (χ2n) is 5.31. The van der Waals surface area contributed by atoms with Gasteiger partial charge in [0, 0.05) is 31.5 Å². The van der Waals surface area contributed by atoms with Crippen LogP contribution in [0.4, 0.5) is 0 Å². The molecule has 2 aliphatic rings. The Morgan fingerprint density at radius 2 is 1.68 bits per heavy atom. The summed E-state index contributed by atoms with van der Waals surface area (Å²) in [5.74, 6) is -0.604. The number of carbonyl (C=O) groups excluding carboxylic acids is 2. The van der Waals surface area contributed by atoms with Crippen molar-refractivity contribution in [3.05, 3.63) is 0 Å². The Hall–Kier alpha value is -1.59. The SMILES string of the molecule is O=C(O)CCNC(=O)C1CCN(C(=O)C2CC2)CC1. The maximum atomic E-state index is 11.8. The maximum absolute atomic E-state index is 11.8. The lowest BCUT2D eigenvalue weighted by atomic mass is 9.95. The van der Waals surface area contributed by atoms with Gasteiger partial charge in [-0.25, -0.2) is 0 Å². The van der Waals surface area contributed by atoms with E-state index in [-0.39, 0.29) is 36.6 Å². The number of nitrogens with zero attached hydrogens (tertiary/aromatic N) is 1. The summed E-state index contributed by atoms with van der Waals surface area (Å²) in [6.07, 6.45) is 3.32. The van der Waals surface area contributed by atoms with E-state index >= 15 is 0 Å². The van der Waals surface area contributed by atoms with Gasteiger partial charge in [0.1, 0.15) is 0 Å². The molecule has 0 radical (unpaired) electrons. The highest BCUT2D eigenvalue weighted by Crippen LogP contribution is 2.32. The standard InChI is InChI=1S/C13H20N2O4/c16-11(17)3-6-14-12(18)9-4-7-15(8-5-9)13(19)10-1-2-10/h9-10H,1-8H2,(H,14,18)(H,16,17). The highest BCUT2D eigenvalue weighted by atomic mass is 16.4. The average molecular weight is 268 g/mol. The van der Waals surface area contributed by atoms with Gasteiger partial charge in [-0.2, -0.15) is 0 Å². The highest BCUT2D eigenvalue weighted by Gasteiger charge is 2.35. The monoisotopic (exact) mass is 268 g/mol.